The van der Waals surface area contributed by atoms with Crippen molar-refractivity contribution in [3.05, 3.63) is 32.8 Å². The number of hydrogen-bond donors (Lipinski definition) is 1. The molecule has 0 spiro atoms. The molecule has 0 amide bonds. The molecule has 0 aliphatic rings. The van der Waals surface area contributed by atoms with E-state index in [0.717, 1.165) is 18.5 Å². The lowest BCUT2D eigenvalue weighted by molar-refractivity contribution is 0.701. The molecule has 0 aliphatic carbocycles. The van der Waals surface area contributed by atoms with Crippen molar-refractivity contribution in [1.82, 2.24) is 5.32 Å². The van der Waals surface area contributed by atoms with E-state index < -0.39 is 0 Å². The van der Waals surface area contributed by atoms with Crippen LogP contribution in [0.1, 0.15) is 18.9 Å². The molecule has 1 aromatic carbocycles. The first-order valence-corrected chi connectivity index (χ1v) is 6.03. The Kier molecular flexibility index (Phi) is 6.01. The van der Waals surface area contributed by atoms with Gasteiger partial charge in [-0.1, -0.05) is 34.8 Å². The van der Waals surface area contributed by atoms with Crippen LogP contribution in [0.3, 0.4) is 0 Å². The topological polar surface area (TPSA) is 12.0 Å². The molecule has 4 heteroatoms. The minimum absolute atomic E-state index is 0.517. The van der Waals surface area contributed by atoms with Gasteiger partial charge in [-0.25, -0.2) is 0 Å². The second kappa shape index (κ2) is 7.04. The van der Waals surface area contributed by atoms with Crippen LogP contribution in [0.4, 0.5) is 0 Å². The van der Waals surface area contributed by atoms with Crippen molar-refractivity contribution in [2.24, 2.45) is 0 Å². The highest BCUT2D eigenvalue weighted by molar-refractivity contribution is 6.44. The van der Waals surface area contributed by atoms with E-state index in [1.54, 1.807) is 12.1 Å². The largest absolute Gasteiger partial charge is 0.312 e. The summed E-state index contributed by atoms with van der Waals surface area (Å²) in [4.78, 5) is 0. The number of hydrogen-bond acceptors (Lipinski definition) is 1. The Bertz CT molecular complexity index is 418. The molecule has 0 aliphatic heterocycles. The van der Waals surface area contributed by atoms with Gasteiger partial charge in [0.25, 0.3) is 0 Å². The third-order valence-corrected chi connectivity index (χ3v) is 3.24. The molecule has 1 aromatic rings. The van der Waals surface area contributed by atoms with Gasteiger partial charge in [-0.2, -0.15) is 0 Å². The number of rotatable bonds is 4. The van der Waals surface area contributed by atoms with Gasteiger partial charge in [-0.15, -0.1) is 11.8 Å². The zero-order valence-electron chi connectivity index (χ0n) is 8.91. The highest BCUT2D eigenvalue weighted by Crippen LogP contribution is 2.31. The van der Waals surface area contributed by atoms with E-state index in [1.807, 2.05) is 6.92 Å². The van der Waals surface area contributed by atoms with Gasteiger partial charge in [0.2, 0.25) is 0 Å². The van der Waals surface area contributed by atoms with Crippen LogP contribution in [0.2, 0.25) is 15.1 Å². The van der Waals surface area contributed by atoms with E-state index in [1.165, 1.54) is 0 Å². The molecule has 86 valence electrons. The predicted molar refractivity (Wildman–Crippen MR) is 71.2 cm³/mol. The summed E-state index contributed by atoms with van der Waals surface area (Å²) in [6, 6.07) is 3.44. The van der Waals surface area contributed by atoms with Gasteiger partial charge < -0.3 is 5.32 Å². The lowest BCUT2D eigenvalue weighted by Crippen LogP contribution is -2.14. The van der Waals surface area contributed by atoms with Gasteiger partial charge in [0.1, 0.15) is 0 Å². The first-order valence-electron chi connectivity index (χ1n) is 4.89. The maximum Gasteiger partial charge on any atom is 0.0652 e. The van der Waals surface area contributed by atoms with Crippen LogP contribution < -0.4 is 5.32 Å². The Morgan fingerprint density at radius 2 is 1.88 bits per heavy atom. The van der Waals surface area contributed by atoms with Gasteiger partial charge in [0, 0.05) is 30.1 Å². The monoisotopic (exact) mass is 275 g/mol. The number of nitrogens with one attached hydrogen (secondary N) is 1. The van der Waals surface area contributed by atoms with E-state index in [-0.39, 0.29) is 0 Å². The van der Waals surface area contributed by atoms with Crippen molar-refractivity contribution in [2.45, 2.75) is 19.9 Å². The van der Waals surface area contributed by atoms with Crippen LogP contribution >= 0.6 is 34.8 Å². The van der Waals surface area contributed by atoms with E-state index in [0.29, 0.717) is 21.6 Å². The van der Waals surface area contributed by atoms with Crippen LogP contribution in [0.15, 0.2) is 12.1 Å². The zero-order valence-corrected chi connectivity index (χ0v) is 11.2. The Morgan fingerprint density at radius 3 is 2.56 bits per heavy atom. The molecule has 0 fully saturated rings. The Labute approximate surface area is 111 Å². The van der Waals surface area contributed by atoms with Crippen molar-refractivity contribution >= 4 is 34.8 Å². The van der Waals surface area contributed by atoms with Crippen LogP contribution in [-0.2, 0) is 6.54 Å². The number of halogens is 3. The molecule has 0 aromatic heterocycles. The molecular formula is C12H12Cl3N. The second-order valence-electron chi connectivity index (χ2n) is 3.18. The van der Waals surface area contributed by atoms with E-state index in [4.69, 9.17) is 34.8 Å². The average molecular weight is 277 g/mol. The van der Waals surface area contributed by atoms with Crippen molar-refractivity contribution in [1.29, 1.82) is 0 Å². The van der Waals surface area contributed by atoms with E-state index >= 15 is 0 Å². The fraction of sp³-hybridized carbons (Fsp3) is 0.333. The highest BCUT2D eigenvalue weighted by atomic mass is 35.5. The third-order valence-electron chi connectivity index (χ3n) is 2.04. The van der Waals surface area contributed by atoms with Crippen molar-refractivity contribution in [3.8, 4) is 11.8 Å². The molecule has 0 saturated carbocycles. The summed E-state index contributed by atoms with van der Waals surface area (Å²) in [7, 11) is 0. The molecule has 1 nitrogen and oxygen atoms in total. The Balaban J connectivity index is 2.58. The summed E-state index contributed by atoms with van der Waals surface area (Å²) in [6.45, 7) is 3.23. The molecule has 16 heavy (non-hydrogen) atoms. The molecule has 0 radical (unpaired) electrons. The van der Waals surface area contributed by atoms with E-state index in [2.05, 4.69) is 17.2 Å². The van der Waals surface area contributed by atoms with Gasteiger partial charge in [0.15, 0.2) is 0 Å². The normalized spacial score (nSPS) is 9.75. The average Bonchev–Trinajstić information content (AvgIpc) is 2.28. The maximum absolute atomic E-state index is 6.05. The standard InChI is InChI=1S/C12H12Cl3N/c1-2-3-4-7-16-8-9-10(13)5-6-11(14)12(9)15/h5-6,16H,4,7-8H2,1H3. The van der Waals surface area contributed by atoms with Gasteiger partial charge in [-0.3, -0.25) is 0 Å². The summed E-state index contributed by atoms with van der Waals surface area (Å²) in [6.07, 6.45) is 0.812. The predicted octanol–water partition coefficient (Wildman–Crippen LogP) is 4.15. The molecule has 0 saturated heterocycles. The lowest BCUT2D eigenvalue weighted by atomic mass is 10.2. The zero-order chi connectivity index (χ0) is 12.0. The second-order valence-corrected chi connectivity index (χ2v) is 4.37. The maximum atomic E-state index is 6.05. The molecule has 0 bridgehead atoms. The molecule has 1 rings (SSSR count). The van der Waals surface area contributed by atoms with Gasteiger partial charge in [0.05, 0.1) is 10.0 Å². The fourth-order valence-corrected chi connectivity index (χ4v) is 1.90. The smallest absolute Gasteiger partial charge is 0.0652 e. The molecule has 0 atom stereocenters. The number of benzene rings is 1. The minimum Gasteiger partial charge on any atom is -0.312 e. The van der Waals surface area contributed by atoms with Crippen LogP contribution in [0, 0.1) is 11.8 Å². The van der Waals surface area contributed by atoms with Gasteiger partial charge >= 0.3 is 0 Å². The molecule has 0 unspecified atom stereocenters. The molecule has 0 heterocycles. The quantitative estimate of drug-likeness (QED) is 0.495. The van der Waals surface area contributed by atoms with Crippen molar-refractivity contribution < 1.29 is 0 Å². The van der Waals surface area contributed by atoms with E-state index in [9.17, 15) is 0 Å². The van der Waals surface area contributed by atoms with Crippen LogP contribution in [-0.4, -0.2) is 6.54 Å². The van der Waals surface area contributed by atoms with Gasteiger partial charge in [-0.05, 0) is 19.1 Å². The molecule has 1 N–H and O–H groups in total. The Hall–Kier alpha value is -0.390. The first kappa shape index (κ1) is 13.7. The summed E-state index contributed by atoms with van der Waals surface area (Å²) in [5, 5.41) is 4.88. The highest BCUT2D eigenvalue weighted by Gasteiger charge is 2.08. The summed E-state index contributed by atoms with van der Waals surface area (Å²) in [5.41, 5.74) is 0.834. The van der Waals surface area contributed by atoms with Crippen molar-refractivity contribution in [3.63, 3.8) is 0 Å². The fourth-order valence-electron chi connectivity index (χ4n) is 1.22. The SMILES string of the molecule is CC#CCCNCc1c(Cl)ccc(Cl)c1Cl. The first-order chi connectivity index (χ1) is 7.66. The van der Waals surface area contributed by atoms with Crippen LogP contribution in [0.5, 0.6) is 0 Å². The molecular weight excluding hydrogens is 264 g/mol. The van der Waals surface area contributed by atoms with Crippen molar-refractivity contribution in [2.75, 3.05) is 6.54 Å². The summed E-state index contributed by atoms with van der Waals surface area (Å²) >= 11 is 18.0. The van der Waals surface area contributed by atoms with Crippen LogP contribution in [0.25, 0.3) is 0 Å². The lowest BCUT2D eigenvalue weighted by Gasteiger charge is -2.08. The summed E-state index contributed by atoms with van der Waals surface area (Å²) < 4.78 is 0. The third kappa shape index (κ3) is 3.88. The summed E-state index contributed by atoms with van der Waals surface area (Å²) in [5.74, 6) is 5.81. The Morgan fingerprint density at radius 1 is 1.19 bits per heavy atom. The minimum atomic E-state index is 0.517.